The van der Waals surface area contributed by atoms with Crippen LogP contribution in [0.2, 0.25) is 0 Å². The number of carbonyl (C=O) groups is 2. The molecule has 4 heteroatoms. The van der Waals surface area contributed by atoms with Gasteiger partial charge in [0, 0.05) is 0 Å². The van der Waals surface area contributed by atoms with Gasteiger partial charge in [-0.2, -0.15) is 0 Å². The van der Waals surface area contributed by atoms with Crippen LogP contribution in [-0.2, 0) is 19.1 Å². The van der Waals surface area contributed by atoms with E-state index >= 15 is 0 Å². The Morgan fingerprint density at radius 3 is 0.912 bits per heavy atom. The SMILES string of the molecule is CCCCCCCCCCCCC(C(=O)OC)C(CCCCCCCCCCCC)C(=O)OC. The smallest absolute Gasteiger partial charge is 0.309 e. The van der Waals surface area contributed by atoms with Crippen LogP contribution in [0.3, 0.4) is 0 Å². The van der Waals surface area contributed by atoms with Crippen LogP contribution in [0.4, 0.5) is 0 Å². The molecular formula is C30H58O4. The average Bonchev–Trinajstić information content (AvgIpc) is 2.85. The van der Waals surface area contributed by atoms with Gasteiger partial charge >= 0.3 is 11.9 Å². The predicted molar refractivity (Wildman–Crippen MR) is 144 cm³/mol. The Bertz CT molecular complexity index is 421. The summed E-state index contributed by atoms with van der Waals surface area (Å²) in [5.74, 6) is -1.24. The molecule has 0 N–H and O–H groups in total. The fraction of sp³-hybridized carbons (Fsp3) is 0.933. The van der Waals surface area contributed by atoms with Gasteiger partial charge in [-0.15, -0.1) is 0 Å². The molecule has 0 aromatic carbocycles. The number of carbonyl (C=O) groups excluding carboxylic acids is 2. The fourth-order valence-corrected chi connectivity index (χ4v) is 4.97. The fourth-order valence-electron chi connectivity index (χ4n) is 4.97. The quantitative estimate of drug-likeness (QED) is 0.0961. The number of rotatable bonds is 25. The summed E-state index contributed by atoms with van der Waals surface area (Å²) in [4.78, 5) is 25.0. The lowest BCUT2D eigenvalue weighted by Gasteiger charge is -2.23. The highest BCUT2D eigenvalue weighted by atomic mass is 16.5. The third-order valence-electron chi connectivity index (χ3n) is 7.23. The van der Waals surface area contributed by atoms with E-state index in [0.29, 0.717) is 0 Å². The maximum atomic E-state index is 12.5. The molecular weight excluding hydrogens is 424 g/mol. The van der Waals surface area contributed by atoms with Crippen LogP contribution in [0.25, 0.3) is 0 Å². The molecule has 0 saturated heterocycles. The summed E-state index contributed by atoms with van der Waals surface area (Å²) in [5, 5.41) is 0. The number of methoxy groups -OCH3 is 2. The molecule has 0 aliphatic rings. The summed E-state index contributed by atoms with van der Waals surface area (Å²) in [6.45, 7) is 4.51. The first-order valence-corrected chi connectivity index (χ1v) is 14.8. The van der Waals surface area contributed by atoms with Crippen LogP contribution in [0.5, 0.6) is 0 Å². The number of esters is 2. The second-order valence-corrected chi connectivity index (χ2v) is 10.2. The van der Waals surface area contributed by atoms with E-state index in [0.717, 1.165) is 38.5 Å². The summed E-state index contributed by atoms with van der Waals surface area (Å²) in [7, 11) is 2.87. The minimum Gasteiger partial charge on any atom is -0.469 e. The molecule has 0 aromatic heterocycles. The van der Waals surface area contributed by atoms with Gasteiger partial charge in [0.2, 0.25) is 0 Å². The number of hydrogen-bond donors (Lipinski definition) is 0. The molecule has 0 bridgehead atoms. The van der Waals surface area contributed by atoms with Crippen molar-refractivity contribution in [3.05, 3.63) is 0 Å². The second kappa shape index (κ2) is 25.0. The molecule has 0 spiro atoms. The molecule has 0 aromatic rings. The number of unbranched alkanes of at least 4 members (excludes halogenated alkanes) is 18. The van der Waals surface area contributed by atoms with Gasteiger partial charge in [0.15, 0.2) is 0 Å². The van der Waals surface area contributed by atoms with Gasteiger partial charge in [0.1, 0.15) is 0 Å². The molecule has 0 aliphatic carbocycles. The van der Waals surface area contributed by atoms with E-state index in [-0.39, 0.29) is 23.8 Å². The highest BCUT2D eigenvalue weighted by molar-refractivity contribution is 5.81. The number of ether oxygens (including phenoxy) is 2. The van der Waals surface area contributed by atoms with Crippen molar-refractivity contribution in [2.45, 2.75) is 155 Å². The minimum atomic E-state index is -0.370. The Morgan fingerprint density at radius 2 is 0.676 bits per heavy atom. The summed E-state index contributed by atoms with van der Waals surface area (Å²) in [5.41, 5.74) is 0. The monoisotopic (exact) mass is 482 g/mol. The zero-order valence-corrected chi connectivity index (χ0v) is 23.3. The predicted octanol–water partition coefficient (Wildman–Crippen LogP) is 9.19. The van der Waals surface area contributed by atoms with E-state index < -0.39 is 0 Å². The molecule has 0 aliphatic heterocycles. The molecule has 0 heterocycles. The third kappa shape index (κ3) is 18.3. The highest BCUT2D eigenvalue weighted by Gasteiger charge is 2.34. The van der Waals surface area contributed by atoms with E-state index in [9.17, 15) is 9.59 Å². The molecule has 0 rings (SSSR count). The first kappa shape index (κ1) is 32.9. The second-order valence-electron chi connectivity index (χ2n) is 10.2. The number of hydrogen-bond acceptors (Lipinski definition) is 4. The van der Waals surface area contributed by atoms with Crippen molar-refractivity contribution in [3.8, 4) is 0 Å². The van der Waals surface area contributed by atoms with E-state index in [2.05, 4.69) is 13.8 Å². The summed E-state index contributed by atoms with van der Waals surface area (Å²) >= 11 is 0. The van der Waals surface area contributed by atoms with E-state index in [1.54, 1.807) is 0 Å². The van der Waals surface area contributed by atoms with E-state index in [1.807, 2.05) is 0 Å². The maximum Gasteiger partial charge on any atom is 0.309 e. The maximum absolute atomic E-state index is 12.5. The summed E-state index contributed by atoms with van der Waals surface area (Å²) in [6.07, 6.45) is 26.7. The third-order valence-corrected chi connectivity index (χ3v) is 7.23. The van der Waals surface area contributed by atoms with Crippen molar-refractivity contribution in [2.75, 3.05) is 14.2 Å². The van der Waals surface area contributed by atoms with Crippen LogP contribution in [-0.4, -0.2) is 26.2 Å². The Hall–Kier alpha value is -1.06. The van der Waals surface area contributed by atoms with Crippen LogP contribution in [0, 0.1) is 11.8 Å². The van der Waals surface area contributed by atoms with Gasteiger partial charge in [0.25, 0.3) is 0 Å². The molecule has 0 radical (unpaired) electrons. The van der Waals surface area contributed by atoms with Crippen molar-refractivity contribution >= 4 is 11.9 Å². The Morgan fingerprint density at radius 1 is 0.441 bits per heavy atom. The highest BCUT2D eigenvalue weighted by Crippen LogP contribution is 2.28. The lowest BCUT2D eigenvalue weighted by molar-refractivity contribution is -0.158. The van der Waals surface area contributed by atoms with Crippen LogP contribution >= 0.6 is 0 Å². The van der Waals surface area contributed by atoms with Crippen molar-refractivity contribution < 1.29 is 19.1 Å². The standard InChI is InChI=1S/C30H58O4/c1-5-7-9-11-13-15-17-19-21-23-25-27(29(31)33-3)28(30(32)34-4)26-24-22-20-18-16-14-12-10-8-6-2/h27-28H,5-26H2,1-4H3. The zero-order valence-electron chi connectivity index (χ0n) is 23.3. The van der Waals surface area contributed by atoms with Gasteiger partial charge in [-0.3, -0.25) is 9.59 Å². The minimum absolute atomic E-state index is 0.251. The van der Waals surface area contributed by atoms with Crippen LogP contribution in [0.1, 0.15) is 155 Å². The molecule has 34 heavy (non-hydrogen) atoms. The summed E-state index contributed by atoms with van der Waals surface area (Å²) < 4.78 is 10.2. The topological polar surface area (TPSA) is 52.6 Å². The molecule has 2 atom stereocenters. The Balaban J connectivity index is 4.25. The van der Waals surface area contributed by atoms with Gasteiger partial charge in [-0.1, -0.05) is 142 Å². The Labute approximate surface area is 212 Å². The molecule has 0 amide bonds. The largest absolute Gasteiger partial charge is 0.469 e. The zero-order chi connectivity index (χ0) is 25.3. The first-order valence-electron chi connectivity index (χ1n) is 14.8. The van der Waals surface area contributed by atoms with Crippen molar-refractivity contribution in [1.29, 1.82) is 0 Å². The van der Waals surface area contributed by atoms with Crippen LogP contribution < -0.4 is 0 Å². The van der Waals surface area contributed by atoms with Crippen molar-refractivity contribution in [3.63, 3.8) is 0 Å². The Kier molecular flexibility index (Phi) is 24.3. The first-order chi connectivity index (χ1) is 16.6. The van der Waals surface area contributed by atoms with Crippen LogP contribution in [0.15, 0.2) is 0 Å². The van der Waals surface area contributed by atoms with Gasteiger partial charge in [-0.05, 0) is 12.8 Å². The molecule has 4 nitrogen and oxygen atoms in total. The molecule has 202 valence electrons. The van der Waals surface area contributed by atoms with Gasteiger partial charge in [0.05, 0.1) is 26.1 Å². The normalized spacial score (nSPS) is 12.9. The lowest BCUT2D eigenvalue weighted by Crippen LogP contribution is -2.32. The van der Waals surface area contributed by atoms with Crippen molar-refractivity contribution in [2.24, 2.45) is 11.8 Å². The van der Waals surface area contributed by atoms with E-state index in [4.69, 9.17) is 9.47 Å². The van der Waals surface area contributed by atoms with Gasteiger partial charge < -0.3 is 9.47 Å². The van der Waals surface area contributed by atoms with Gasteiger partial charge in [-0.25, -0.2) is 0 Å². The molecule has 0 saturated carbocycles. The molecule has 2 unspecified atom stereocenters. The van der Waals surface area contributed by atoms with Crippen molar-refractivity contribution in [1.82, 2.24) is 0 Å². The van der Waals surface area contributed by atoms with E-state index in [1.165, 1.54) is 117 Å². The average molecular weight is 483 g/mol. The molecule has 0 fully saturated rings. The summed E-state index contributed by atoms with van der Waals surface area (Å²) in [6, 6.07) is 0. The lowest BCUT2D eigenvalue weighted by atomic mass is 9.83.